The molecule has 2 rings (SSSR count). The highest BCUT2D eigenvalue weighted by atomic mass is 16.5. The molecule has 2 amide bonds. The third-order valence-electron chi connectivity index (χ3n) is 4.27. The van der Waals surface area contributed by atoms with Gasteiger partial charge in [-0.25, -0.2) is 9.78 Å². The number of hydrogen-bond donors (Lipinski definition) is 2. The van der Waals surface area contributed by atoms with Gasteiger partial charge in [0.25, 0.3) is 0 Å². The maximum Gasteiger partial charge on any atom is 0.317 e. The van der Waals surface area contributed by atoms with E-state index in [9.17, 15) is 9.90 Å². The number of ether oxygens (including phenoxy) is 1. The molecule has 0 unspecified atom stereocenters. The number of aliphatic hydroxyl groups is 1. The van der Waals surface area contributed by atoms with Gasteiger partial charge in [0.15, 0.2) is 0 Å². The number of nitrogens with zero attached hydrogens (tertiary/aromatic N) is 3. The fourth-order valence-corrected chi connectivity index (χ4v) is 2.88. The van der Waals surface area contributed by atoms with Gasteiger partial charge in [0.05, 0.1) is 6.61 Å². The number of carbonyl (C=O) groups excluding carboxylic acids is 1. The SMILES string of the molecule is CCCOCCNC(=O)N1CCC([C@@H](O)c2nccn2C)CC1. The molecule has 1 aliphatic heterocycles. The summed E-state index contributed by atoms with van der Waals surface area (Å²) in [6, 6.07) is -0.0463. The Kier molecular flexibility index (Phi) is 6.85. The van der Waals surface area contributed by atoms with Crippen LogP contribution in [0.4, 0.5) is 4.79 Å². The summed E-state index contributed by atoms with van der Waals surface area (Å²) < 4.78 is 7.19. The van der Waals surface area contributed by atoms with Crippen molar-refractivity contribution in [1.29, 1.82) is 0 Å². The van der Waals surface area contributed by atoms with Crippen molar-refractivity contribution in [2.45, 2.75) is 32.3 Å². The Morgan fingerprint density at radius 1 is 1.48 bits per heavy atom. The number of likely N-dealkylation sites (tertiary alicyclic amines) is 1. The molecule has 1 atom stereocenters. The number of carbonyl (C=O) groups is 1. The third kappa shape index (κ3) is 4.94. The second-order valence-electron chi connectivity index (χ2n) is 6.01. The van der Waals surface area contributed by atoms with Crippen molar-refractivity contribution in [3.8, 4) is 0 Å². The Morgan fingerprint density at radius 3 is 2.83 bits per heavy atom. The molecule has 0 bridgehead atoms. The quantitative estimate of drug-likeness (QED) is 0.741. The Morgan fingerprint density at radius 2 is 2.22 bits per heavy atom. The van der Waals surface area contributed by atoms with Gasteiger partial charge < -0.3 is 24.6 Å². The van der Waals surface area contributed by atoms with Crippen LogP contribution in [0.1, 0.15) is 38.1 Å². The molecular formula is C16H28N4O3. The normalized spacial score (nSPS) is 17.3. The molecule has 0 spiro atoms. The van der Waals surface area contributed by atoms with E-state index in [0.717, 1.165) is 25.9 Å². The van der Waals surface area contributed by atoms with E-state index in [1.165, 1.54) is 0 Å². The van der Waals surface area contributed by atoms with Gasteiger partial charge in [-0.2, -0.15) is 0 Å². The van der Waals surface area contributed by atoms with Gasteiger partial charge in [-0.05, 0) is 25.2 Å². The summed E-state index contributed by atoms with van der Waals surface area (Å²) in [6.07, 6.45) is 5.52. The van der Waals surface area contributed by atoms with Crippen molar-refractivity contribution in [1.82, 2.24) is 19.8 Å². The summed E-state index contributed by atoms with van der Waals surface area (Å²) in [5.74, 6) is 0.842. The maximum absolute atomic E-state index is 12.1. The van der Waals surface area contributed by atoms with Crippen LogP contribution < -0.4 is 5.32 Å². The van der Waals surface area contributed by atoms with E-state index in [0.29, 0.717) is 32.1 Å². The zero-order chi connectivity index (χ0) is 16.7. The van der Waals surface area contributed by atoms with Crippen molar-refractivity contribution in [3.05, 3.63) is 18.2 Å². The van der Waals surface area contributed by atoms with Crippen LogP contribution >= 0.6 is 0 Å². The summed E-state index contributed by atoms with van der Waals surface area (Å²) in [5, 5.41) is 13.3. The summed E-state index contributed by atoms with van der Waals surface area (Å²) in [6.45, 7) is 5.19. The zero-order valence-electron chi connectivity index (χ0n) is 14.1. The second-order valence-corrected chi connectivity index (χ2v) is 6.01. The number of aromatic nitrogens is 2. The number of aryl methyl sites for hydroxylation is 1. The van der Waals surface area contributed by atoms with E-state index in [1.54, 1.807) is 6.20 Å². The molecule has 1 aromatic rings. The smallest absolute Gasteiger partial charge is 0.317 e. The molecule has 1 saturated heterocycles. The largest absolute Gasteiger partial charge is 0.385 e. The van der Waals surface area contributed by atoms with Gasteiger partial charge in [-0.15, -0.1) is 0 Å². The zero-order valence-corrected chi connectivity index (χ0v) is 14.1. The predicted octanol–water partition coefficient (Wildman–Crippen LogP) is 1.30. The Hall–Kier alpha value is -1.60. The van der Waals surface area contributed by atoms with E-state index >= 15 is 0 Å². The first kappa shape index (κ1) is 17.7. The van der Waals surface area contributed by atoms with Gasteiger partial charge in [0.2, 0.25) is 0 Å². The van der Waals surface area contributed by atoms with E-state index in [4.69, 9.17) is 4.74 Å². The number of rotatable bonds is 7. The fourth-order valence-electron chi connectivity index (χ4n) is 2.88. The van der Waals surface area contributed by atoms with Gasteiger partial charge in [-0.3, -0.25) is 0 Å². The number of amides is 2. The first-order valence-corrected chi connectivity index (χ1v) is 8.39. The molecule has 2 N–H and O–H groups in total. The van der Waals surface area contributed by atoms with Gasteiger partial charge >= 0.3 is 6.03 Å². The number of hydrogen-bond acceptors (Lipinski definition) is 4. The Bertz CT molecular complexity index is 483. The van der Waals surface area contributed by atoms with E-state index in [-0.39, 0.29) is 11.9 Å². The molecular weight excluding hydrogens is 296 g/mol. The average Bonchev–Trinajstić information content (AvgIpc) is 3.00. The topological polar surface area (TPSA) is 79.6 Å². The predicted molar refractivity (Wildman–Crippen MR) is 87.0 cm³/mol. The van der Waals surface area contributed by atoms with E-state index in [2.05, 4.69) is 17.2 Å². The van der Waals surface area contributed by atoms with Crippen molar-refractivity contribution in [2.75, 3.05) is 32.8 Å². The van der Waals surface area contributed by atoms with Gasteiger partial charge in [0, 0.05) is 45.7 Å². The van der Waals surface area contributed by atoms with Crippen LogP contribution in [0.3, 0.4) is 0 Å². The lowest BCUT2D eigenvalue weighted by Gasteiger charge is -2.34. The number of imidazole rings is 1. The molecule has 1 aromatic heterocycles. The van der Waals surface area contributed by atoms with Crippen molar-refractivity contribution in [3.63, 3.8) is 0 Å². The van der Waals surface area contributed by atoms with E-state index in [1.807, 2.05) is 22.7 Å². The molecule has 0 aliphatic carbocycles. The second kappa shape index (κ2) is 8.88. The molecule has 7 nitrogen and oxygen atoms in total. The molecule has 7 heteroatoms. The van der Waals surface area contributed by atoms with Crippen LogP contribution in [-0.2, 0) is 11.8 Å². The molecule has 1 aliphatic rings. The minimum atomic E-state index is -0.567. The highest BCUT2D eigenvalue weighted by Crippen LogP contribution is 2.29. The molecule has 2 heterocycles. The van der Waals surface area contributed by atoms with E-state index < -0.39 is 6.10 Å². The Balaban J connectivity index is 1.71. The number of piperidine rings is 1. The minimum Gasteiger partial charge on any atom is -0.385 e. The third-order valence-corrected chi connectivity index (χ3v) is 4.27. The monoisotopic (exact) mass is 324 g/mol. The Labute approximate surface area is 137 Å². The highest BCUT2D eigenvalue weighted by molar-refractivity contribution is 5.74. The average molecular weight is 324 g/mol. The molecule has 0 aromatic carbocycles. The summed E-state index contributed by atoms with van der Waals surface area (Å²) in [7, 11) is 1.88. The molecule has 23 heavy (non-hydrogen) atoms. The van der Waals surface area contributed by atoms with Gasteiger partial charge in [-0.1, -0.05) is 6.92 Å². The fraction of sp³-hybridized carbons (Fsp3) is 0.750. The summed E-state index contributed by atoms with van der Waals surface area (Å²) >= 11 is 0. The van der Waals surface area contributed by atoms with Crippen LogP contribution in [0.25, 0.3) is 0 Å². The molecule has 0 radical (unpaired) electrons. The molecule has 0 saturated carbocycles. The van der Waals surface area contributed by atoms with Crippen LogP contribution in [0.2, 0.25) is 0 Å². The lowest BCUT2D eigenvalue weighted by molar-refractivity contribution is 0.0580. The highest BCUT2D eigenvalue weighted by Gasteiger charge is 2.29. The first-order chi connectivity index (χ1) is 11.1. The van der Waals surface area contributed by atoms with Crippen LogP contribution in [0.5, 0.6) is 0 Å². The van der Waals surface area contributed by atoms with Crippen LogP contribution in [0.15, 0.2) is 12.4 Å². The van der Waals surface area contributed by atoms with Crippen LogP contribution in [-0.4, -0.2) is 58.4 Å². The molecule has 130 valence electrons. The minimum absolute atomic E-state index is 0.0463. The standard InChI is InChI=1S/C16H28N4O3/c1-3-11-23-12-7-18-16(22)20-8-4-13(5-9-20)14(21)15-17-6-10-19(15)2/h6,10,13-14,21H,3-5,7-9,11-12H2,1-2H3,(H,18,22)/t14-/m1/s1. The summed E-state index contributed by atoms with van der Waals surface area (Å²) in [4.78, 5) is 18.1. The lowest BCUT2D eigenvalue weighted by Crippen LogP contribution is -2.46. The van der Waals surface area contributed by atoms with Gasteiger partial charge in [0.1, 0.15) is 11.9 Å². The lowest BCUT2D eigenvalue weighted by atomic mass is 9.91. The van der Waals surface area contributed by atoms with Crippen molar-refractivity contribution >= 4 is 6.03 Å². The number of aliphatic hydroxyl groups excluding tert-OH is 1. The van der Waals surface area contributed by atoms with Crippen LogP contribution in [0, 0.1) is 5.92 Å². The first-order valence-electron chi connectivity index (χ1n) is 8.39. The number of nitrogens with one attached hydrogen (secondary N) is 1. The van der Waals surface area contributed by atoms with Crippen molar-refractivity contribution in [2.24, 2.45) is 13.0 Å². The number of urea groups is 1. The summed E-state index contributed by atoms with van der Waals surface area (Å²) in [5.41, 5.74) is 0. The molecule has 1 fully saturated rings. The maximum atomic E-state index is 12.1. The van der Waals surface area contributed by atoms with Crippen molar-refractivity contribution < 1.29 is 14.6 Å².